The first kappa shape index (κ1) is 35.9. The van der Waals surface area contributed by atoms with E-state index >= 15 is 0 Å². The zero-order valence-electron chi connectivity index (χ0n) is 27.7. The van der Waals surface area contributed by atoms with Gasteiger partial charge in [0.05, 0.1) is 6.33 Å². The lowest BCUT2D eigenvalue weighted by atomic mass is 10.1. The second-order valence-electron chi connectivity index (χ2n) is 11.1. The second-order valence-corrected chi connectivity index (χ2v) is 11.1. The largest absolute Gasteiger partial charge is 0.489 e. The standard InChI is InChI=1S/C30H32N4O4.C9H11NO/c1-2-34(19-23-13-15-27(16-14-23)37-20-24-9-5-3-6-10-24)29(35)28(17-26-18-31-22-32-26)33-30(36)38-21-25-11-7-4-8-12-25;11-8-10-7-6-9-4-2-1-3-5-9/h3-16,18,22,28H,2,17,19-21H2,1H3,(H,31,32)(H,33,36);1-5,8H,6-7H2,(H,10,11). The van der Waals surface area contributed by atoms with Gasteiger partial charge in [0.25, 0.3) is 0 Å². The quantitative estimate of drug-likeness (QED) is 0.0900. The van der Waals surface area contributed by atoms with E-state index in [1.165, 1.54) is 5.56 Å². The summed E-state index contributed by atoms with van der Waals surface area (Å²) in [6.07, 6.45) is 4.43. The summed E-state index contributed by atoms with van der Waals surface area (Å²) >= 11 is 0. The molecule has 1 aromatic heterocycles. The van der Waals surface area contributed by atoms with Gasteiger partial charge in [-0.3, -0.25) is 9.59 Å². The molecule has 1 atom stereocenters. The Morgan fingerprint density at radius 1 is 0.816 bits per heavy atom. The number of H-pyrrole nitrogens is 1. The van der Waals surface area contributed by atoms with Crippen LogP contribution in [0.4, 0.5) is 4.79 Å². The maximum atomic E-state index is 13.5. The molecule has 0 radical (unpaired) electrons. The van der Waals surface area contributed by atoms with Crippen LogP contribution < -0.4 is 15.4 Å². The van der Waals surface area contributed by atoms with E-state index in [9.17, 15) is 14.4 Å². The van der Waals surface area contributed by atoms with Gasteiger partial charge in [-0.15, -0.1) is 0 Å². The third kappa shape index (κ3) is 13.0. The normalized spacial score (nSPS) is 10.9. The molecule has 0 saturated heterocycles. The van der Waals surface area contributed by atoms with Gasteiger partial charge in [0.15, 0.2) is 0 Å². The van der Waals surface area contributed by atoms with Gasteiger partial charge in [-0.25, -0.2) is 9.78 Å². The van der Waals surface area contributed by atoms with Gasteiger partial charge < -0.3 is 30.0 Å². The Morgan fingerprint density at radius 3 is 2.00 bits per heavy atom. The van der Waals surface area contributed by atoms with Gasteiger partial charge in [-0.1, -0.05) is 103 Å². The minimum atomic E-state index is -0.813. The van der Waals surface area contributed by atoms with Crippen molar-refractivity contribution in [2.75, 3.05) is 13.1 Å². The van der Waals surface area contributed by atoms with Crippen LogP contribution in [-0.2, 0) is 46.9 Å². The van der Waals surface area contributed by atoms with Crippen LogP contribution in [0, 0.1) is 0 Å². The maximum absolute atomic E-state index is 13.5. The molecule has 0 saturated carbocycles. The lowest BCUT2D eigenvalue weighted by molar-refractivity contribution is -0.133. The molecule has 3 N–H and O–H groups in total. The zero-order chi connectivity index (χ0) is 34.5. The van der Waals surface area contributed by atoms with E-state index in [-0.39, 0.29) is 18.9 Å². The van der Waals surface area contributed by atoms with E-state index in [1.807, 2.05) is 122 Å². The Bertz CT molecular complexity index is 1650. The Balaban J connectivity index is 0.000000418. The summed E-state index contributed by atoms with van der Waals surface area (Å²) < 4.78 is 11.2. The van der Waals surface area contributed by atoms with Crippen LogP contribution in [0.2, 0.25) is 0 Å². The van der Waals surface area contributed by atoms with E-state index in [2.05, 4.69) is 20.6 Å². The van der Waals surface area contributed by atoms with Crippen LogP contribution in [0.3, 0.4) is 0 Å². The first-order chi connectivity index (χ1) is 24.0. The Morgan fingerprint density at radius 2 is 1.43 bits per heavy atom. The SMILES string of the molecule is CCN(Cc1ccc(OCc2ccccc2)cc1)C(=O)C(Cc1cnc[nH]1)NC(=O)OCc1ccccc1.O=CNCCc1ccccc1. The fourth-order valence-electron chi connectivity index (χ4n) is 4.86. The van der Waals surface area contributed by atoms with Crippen molar-refractivity contribution in [3.63, 3.8) is 0 Å². The topological polar surface area (TPSA) is 126 Å². The van der Waals surface area contributed by atoms with Crippen molar-refractivity contribution in [1.29, 1.82) is 0 Å². The van der Waals surface area contributed by atoms with Gasteiger partial charge in [-0.05, 0) is 47.7 Å². The fourth-order valence-corrected chi connectivity index (χ4v) is 4.86. The van der Waals surface area contributed by atoms with E-state index in [4.69, 9.17) is 9.47 Å². The number of imidazole rings is 1. The first-order valence-electron chi connectivity index (χ1n) is 16.2. The number of hydrogen-bond donors (Lipinski definition) is 3. The summed E-state index contributed by atoms with van der Waals surface area (Å²) in [6.45, 7) is 4.11. The molecule has 0 spiro atoms. The molecule has 3 amide bonds. The van der Waals surface area contributed by atoms with Crippen molar-refractivity contribution in [2.45, 2.75) is 45.6 Å². The number of carbonyl (C=O) groups is 3. The molecule has 0 fully saturated rings. The summed E-state index contributed by atoms with van der Waals surface area (Å²) in [7, 11) is 0. The molecule has 0 aliphatic carbocycles. The molecule has 49 heavy (non-hydrogen) atoms. The number of likely N-dealkylation sites (N-methyl/N-ethyl adjacent to an activating group) is 1. The molecule has 254 valence electrons. The van der Waals surface area contributed by atoms with E-state index in [0.717, 1.165) is 41.0 Å². The second kappa shape index (κ2) is 20.4. The maximum Gasteiger partial charge on any atom is 0.408 e. The molecular weight excluding hydrogens is 618 g/mol. The highest BCUT2D eigenvalue weighted by atomic mass is 16.5. The summed E-state index contributed by atoms with van der Waals surface area (Å²) in [5.41, 5.74) is 4.91. The van der Waals surface area contributed by atoms with Crippen molar-refractivity contribution < 1.29 is 23.9 Å². The zero-order valence-corrected chi connectivity index (χ0v) is 27.7. The van der Waals surface area contributed by atoms with Crippen LogP contribution >= 0.6 is 0 Å². The number of alkyl carbamates (subject to hydrolysis) is 1. The van der Waals surface area contributed by atoms with Crippen molar-refractivity contribution >= 4 is 18.4 Å². The number of aromatic amines is 1. The number of nitrogens with zero attached hydrogens (tertiary/aromatic N) is 2. The van der Waals surface area contributed by atoms with Gasteiger partial charge in [0, 0.05) is 37.9 Å². The van der Waals surface area contributed by atoms with Crippen LogP contribution in [0.15, 0.2) is 128 Å². The van der Waals surface area contributed by atoms with Crippen LogP contribution in [-0.4, -0.2) is 52.4 Å². The van der Waals surface area contributed by atoms with Crippen molar-refractivity contribution in [2.24, 2.45) is 0 Å². The number of carbonyl (C=O) groups excluding carboxylic acids is 3. The minimum Gasteiger partial charge on any atom is -0.489 e. The molecule has 5 aromatic rings. The molecule has 0 aliphatic rings. The highest BCUT2D eigenvalue weighted by molar-refractivity contribution is 5.86. The molecule has 10 nitrogen and oxygen atoms in total. The van der Waals surface area contributed by atoms with Crippen molar-refractivity contribution in [1.82, 2.24) is 25.5 Å². The number of rotatable bonds is 16. The van der Waals surface area contributed by atoms with E-state index < -0.39 is 12.1 Å². The van der Waals surface area contributed by atoms with Gasteiger partial charge >= 0.3 is 6.09 Å². The molecule has 4 aromatic carbocycles. The summed E-state index contributed by atoms with van der Waals surface area (Å²) in [5.74, 6) is 0.551. The van der Waals surface area contributed by atoms with Gasteiger partial charge in [0.2, 0.25) is 12.3 Å². The molecule has 5 rings (SSSR count). The third-order valence-corrected chi connectivity index (χ3v) is 7.50. The number of hydrogen-bond acceptors (Lipinski definition) is 6. The molecule has 10 heteroatoms. The number of benzene rings is 4. The fraction of sp³-hybridized carbons (Fsp3) is 0.231. The number of amides is 3. The van der Waals surface area contributed by atoms with Crippen molar-refractivity contribution in [3.8, 4) is 5.75 Å². The summed E-state index contributed by atoms with van der Waals surface area (Å²) in [6, 6.07) is 36.3. The van der Waals surface area contributed by atoms with E-state index in [0.29, 0.717) is 26.2 Å². The predicted molar refractivity (Wildman–Crippen MR) is 188 cm³/mol. The number of ether oxygens (including phenoxy) is 2. The number of nitrogens with one attached hydrogen (secondary N) is 3. The van der Waals surface area contributed by atoms with Crippen LogP contribution in [0.25, 0.3) is 0 Å². The Hall–Kier alpha value is -5.90. The van der Waals surface area contributed by atoms with Crippen LogP contribution in [0.5, 0.6) is 5.75 Å². The minimum absolute atomic E-state index is 0.119. The Labute approximate surface area is 287 Å². The smallest absolute Gasteiger partial charge is 0.408 e. The monoisotopic (exact) mass is 661 g/mol. The van der Waals surface area contributed by atoms with Crippen molar-refractivity contribution in [3.05, 3.63) is 156 Å². The molecule has 0 bridgehead atoms. The Kier molecular flexibility index (Phi) is 14.9. The average Bonchev–Trinajstić information content (AvgIpc) is 3.67. The highest BCUT2D eigenvalue weighted by Gasteiger charge is 2.27. The number of aromatic nitrogens is 2. The molecule has 1 heterocycles. The summed E-state index contributed by atoms with van der Waals surface area (Å²) in [5, 5.41) is 5.36. The third-order valence-electron chi connectivity index (χ3n) is 7.50. The lowest BCUT2D eigenvalue weighted by Crippen LogP contribution is -2.49. The molecular formula is C39H43N5O5. The van der Waals surface area contributed by atoms with Crippen LogP contribution in [0.1, 0.15) is 34.9 Å². The lowest BCUT2D eigenvalue weighted by Gasteiger charge is -2.27. The predicted octanol–water partition coefficient (Wildman–Crippen LogP) is 5.85. The first-order valence-corrected chi connectivity index (χ1v) is 16.2. The summed E-state index contributed by atoms with van der Waals surface area (Å²) in [4.78, 5) is 44.7. The molecule has 1 unspecified atom stereocenters. The van der Waals surface area contributed by atoms with Gasteiger partial charge in [-0.2, -0.15) is 0 Å². The van der Waals surface area contributed by atoms with Gasteiger partial charge in [0.1, 0.15) is 25.0 Å². The average molecular weight is 662 g/mol. The highest BCUT2D eigenvalue weighted by Crippen LogP contribution is 2.16. The molecule has 0 aliphatic heterocycles. The van der Waals surface area contributed by atoms with E-state index in [1.54, 1.807) is 17.4 Å².